The smallest absolute Gasteiger partial charge is 0.164 e. The van der Waals surface area contributed by atoms with E-state index >= 15 is 0 Å². The molecular formula is C12H24N4. The number of rotatable bonds is 8. The molecule has 0 aliphatic heterocycles. The van der Waals surface area contributed by atoms with Crippen LogP contribution < -0.4 is 5.32 Å². The molecule has 0 aromatic carbocycles. The monoisotopic (exact) mass is 224 g/mol. The first-order chi connectivity index (χ1) is 7.80. The molecule has 0 bridgehead atoms. The van der Waals surface area contributed by atoms with Gasteiger partial charge >= 0.3 is 0 Å². The maximum Gasteiger partial charge on any atom is 0.164 e. The van der Waals surface area contributed by atoms with Gasteiger partial charge in [-0.25, -0.2) is 4.98 Å². The lowest BCUT2D eigenvalue weighted by Gasteiger charge is -2.13. The van der Waals surface area contributed by atoms with Crippen LogP contribution in [0.25, 0.3) is 0 Å². The fraction of sp³-hybridized carbons (Fsp3) is 0.833. The molecule has 0 aliphatic carbocycles. The summed E-state index contributed by atoms with van der Waals surface area (Å²) in [4.78, 5) is 4.26. The fourth-order valence-corrected chi connectivity index (χ4v) is 1.84. The molecule has 0 amide bonds. The van der Waals surface area contributed by atoms with E-state index in [4.69, 9.17) is 0 Å². The molecule has 92 valence electrons. The number of aromatic nitrogens is 3. The first-order valence-corrected chi connectivity index (χ1v) is 6.33. The van der Waals surface area contributed by atoms with Gasteiger partial charge in [0.1, 0.15) is 6.33 Å². The minimum absolute atomic E-state index is 0.740. The van der Waals surface area contributed by atoms with Crippen molar-refractivity contribution in [3.8, 4) is 0 Å². The predicted molar refractivity (Wildman–Crippen MR) is 66.1 cm³/mol. The summed E-state index contributed by atoms with van der Waals surface area (Å²) >= 11 is 0. The van der Waals surface area contributed by atoms with Gasteiger partial charge in [-0.3, -0.25) is 4.68 Å². The van der Waals surface area contributed by atoms with Crippen LogP contribution in [-0.2, 0) is 13.1 Å². The molecule has 16 heavy (non-hydrogen) atoms. The third-order valence-corrected chi connectivity index (χ3v) is 2.91. The highest BCUT2D eigenvalue weighted by atomic mass is 15.3. The molecule has 1 aromatic heterocycles. The van der Waals surface area contributed by atoms with Crippen LogP contribution in [0.1, 0.15) is 45.4 Å². The Morgan fingerprint density at radius 1 is 1.44 bits per heavy atom. The summed E-state index contributed by atoms with van der Waals surface area (Å²) in [5.74, 6) is 1.62. The number of hydrogen-bond donors (Lipinski definition) is 1. The Morgan fingerprint density at radius 3 is 2.88 bits per heavy atom. The van der Waals surface area contributed by atoms with Crippen LogP contribution in [-0.4, -0.2) is 21.8 Å². The summed E-state index contributed by atoms with van der Waals surface area (Å²) in [6.45, 7) is 6.25. The summed E-state index contributed by atoms with van der Waals surface area (Å²) in [5, 5.41) is 7.50. The standard InChI is InChI=1S/C12H24N4/c1-4-6-7-11(5-2)9-16-10-14-12(15-16)8-13-3/h10-11,13H,4-9H2,1-3H3. The van der Waals surface area contributed by atoms with Crippen molar-refractivity contribution >= 4 is 0 Å². The molecular weight excluding hydrogens is 200 g/mol. The van der Waals surface area contributed by atoms with Gasteiger partial charge in [0.15, 0.2) is 5.82 Å². The van der Waals surface area contributed by atoms with Gasteiger partial charge in [-0.2, -0.15) is 5.10 Å². The van der Waals surface area contributed by atoms with E-state index in [1.807, 2.05) is 18.1 Å². The lowest BCUT2D eigenvalue weighted by Crippen LogP contribution is -2.12. The fourth-order valence-electron chi connectivity index (χ4n) is 1.84. The van der Waals surface area contributed by atoms with Gasteiger partial charge in [-0.05, 0) is 19.4 Å². The minimum Gasteiger partial charge on any atom is -0.313 e. The van der Waals surface area contributed by atoms with Crippen molar-refractivity contribution in [1.82, 2.24) is 20.1 Å². The van der Waals surface area contributed by atoms with E-state index in [-0.39, 0.29) is 0 Å². The van der Waals surface area contributed by atoms with Crippen molar-refractivity contribution in [2.45, 2.75) is 52.6 Å². The topological polar surface area (TPSA) is 42.7 Å². The van der Waals surface area contributed by atoms with E-state index in [9.17, 15) is 0 Å². The van der Waals surface area contributed by atoms with E-state index in [0.29, 0.717) is 0 Å². The van der Waals surface area contributed by atoms with Gasteiger partial charge in [-0.15, -0.1) is 0 Å². The highest BCUT2D eigenvalue weighted by Crippen LogP contribution is 2.14. The van der Waals surface area contributed by atoms with Gasteiger partial charge in [0.25, 0.3) is 0 Å². The molecule has 4 nitrogen and oxygen atoms in total. The number of nitrogens with one attached hydrogen (secondary N) is 1. The molecule has 1 rings (SSSR count). The third-order valence-electron chi connectivity index (χ3n) is 2.91. The Labute approximate surface area is 98.5 Å². The molecule has 1 heterocycles. The molecule has 0 spiro atoms. The Balaban J connectivity index is 2.43. The van der Waals surface area contributed by atoms with Crippen molar-refractivity contribution in [3.63, 3.8) is 0 Å². The normalized spacial score (nSPS) is 12.9. The van der Waals surface area contributed by atoms with Crippen molar-refractivity contribution < 1.29 is 0 Å². The molecule has 1 atom stereocenters. The van der Waals surface area contributed by atoms with Gasteiger partial charge in [0.2, 0.25) is 0 Å². The summed E-state index contributed by atoms with van der Waals surface area (Å²) in [6, 6.07) is 0. The molecule has 4 heteroatoms. The second-order valence-electron chi connectivity index (χ2n) is 4.33. The van der Waals surface area contributed by atoms with Crippen LogP contribution >= 0.6 is 0 Å². The molecule has 0 fully saturated rings. The van der Waals surface area contributed by atoms with Crippen LogP contribution in [0.15, 0.2) is 6.33 Å². The Kier molecular flexibility index (Phi) is 6.08. The van der Waals surface area contributed by atoms with Crippen LogP contribution in [0.2, 0.25) is 0 Å². The zero-order chi connectivity index (χ0) is 11.8. The second-order valence-corrected chi connectivity index (χ2v) is 4.33. The maximum atomic E-state index is 4.44. The van der Waals surface area contributed by atoms with Gasteiger partial charge in [0, 0.05) is 6.54 Å². The molecule has 0 aliphatic rings. The van der Waals surface area contributed by atoms with E-state index in [1.165, 1.54) is 25.7 Å². The minimum atomic E-state index is 0.740. The van der Waals surface area contributed by atoms with Gasteiger partial charge in [-0.1, -0.05) is 33.1 Å². The number of unbranched alkanes of at least 4 members (excludes halogenated alkanes) is 1. The van der Waals surface area contributed by atoms with Crippen molar-refractivity contribution in [2.24, 2.45) is 5.92 Å². The van der Waals surface area contributed by atoms with Crippen LogP contribution in [0.3, 0.4) is 0 Å². The summed E-state index contributed by atoms with van der Waals surface area (Å²) in [5.41, 5.74) is 0. The van der Waals surface area contributed by atoms with Crippen molar-refractivity contribution in [2.75, 3.05) is 7.05 Å². The van der Waals surface area contributed by atoms with E-state index < -0.39 is 0 Å². The number of nitrogens with zero attached hydrogens (tertiary/aromatic N) is 3. The van der Waals surface area contributed by atoms with Gasteiger partial charge < -0.3 is 5.32 Å². The SMILES string of the molecule is CCCCC(CC)Cn1cnc(CNC)n1. The van der Waals surface area contributed by atoms with E-state index in [0.717, 1.165) is 24.8 Å². The maximum absolute atomic E-state index is 4.44. The Morgan fingerprint density at radius 2 is 2.25 bits per heavy atom. The van der Waals surface area contributed by atoms with Crippen LogP contribution in [0, 0.1) is 5.92 Å². The summed E-state index contributed by atoms with van der Waals surface area (Å²) in [7, 11) is 1.91. The Bertz CT molecular complexity index is 282. The highest BCUT2D eigenvalue weighted by Gasteiger charge is 2.08. The average Bonchev–Trinajstić information content (AvgIpc) is 2.72. The molecule has 1 unspecified atom stereocenters. The van der Waals surface area contributed by atoms with Crippen molar-refractivity contribution in [3.05, 3.63) is 12.2 Å². The first-order valence-electron chi connectivity index (χ1n) is 6.33. The lowest BCUT2D eigenvalue weighted by atomic mass is 10.00. The highest BCUT2D eigenvalue weighted by molar-refractivity contribution is 4.80. The zero-order valence-electron chi connectivity index (χ0n) is 10.7. The largest absolute Gasteiger partial charge is 0.313 e. The molecule has 0 saturated heterocycles. The summed E-state index contributed by atoms with van der Waals surface area (Å²) < 4.78 is 1.98. The average molecular weight is 224 g/mol. The molecule has 0 saturated carbocycles. The van der Waals surface area contributed by atoms with Crippen molar-refractivity contribution in [1.29, 1.82) is 0 Å². The number of hydrogen-bond acceptors (Lipinski definition) is 3. The van der Waals surface area contributed by atoms with Crippen LogP contribution in [0.5, 0.6) is 0 Å². The van der Waals surface area contributed by atoms with E-state index in [2.05, 4.69) is 29.2 Å². The molecule has 1 N–H and O–H groups in total. The van der Waals surface area contributed by atoms with Gasteiger partial charge in [0.05, 0.1) is 6.54 Å². The summed E-state index contributed by atoms with van der Waals surface area (Å²) in [6.07, 6.45) is 6.96. The third kappa shape index (κ3) is 4.31. The molecule has 0 radical (unpaired) electrons. The van der Waals surface area contributed by atoms with E-state index in [1.54, 1.807) is 0 Å². The predicted octanol–water partition coefficient (Wildman–Crippen LogP) is 2.21. The zero-order valence-corrected chi connectivity index (χ0v) is 10.7. The molecule has 1 aromatic rings. The lowest BCUT2D eigenvalue weighted by molar-refractivity contribution is 0.370. The first kappa shape index (κ1) is 13.2. The quantitative estimate of drug-likeness (QED) is 0.736. The Hall–Kier alpha value is -0.900. The van der Waals surface area contributed by atoms with Crippen LogP contribution in [0.4, 0.5) is 0 Å². The second kappa shape index (κ2) is 7.39.